The largest absolute Gasteiger partial charge is 0.464 e. The third-order valence-electron chi connectivity index (χ3n) is 4.50. The standard InChI is InChI=1S/C21H16O5/c1-12-3-7-17-15(11-24-21(17)13(12)2)9-20(23)25-16-6-4-14-5-8-19(22)26-18(14)10-16/h3-8,10-11H,9H2,1-2H3. The van der Waals surface area contributed by atoms with E-state index < -0.39 is 11.6 Å². The fourth-order valence-electron chi connectivity index (χ4n) is 2.95. The third-order valence-corrected chi connectivity index (χ3v) is 4.50. The van der Waals surface area contributed by atoms with Gasteiger partial charge in [0.1, 0.15) is 16.9 Å². The Labute approximate surface area is 148 Å². The van der Waals surface area contributed by atoms with E-state index in [9.17, 15) is 9.59 Å². The van der Waals surface area contributed by atoms with Crippen molar-refractivity contribution < 1.29 is 18.4 Å². The molecule has 4 rings (SSSR count). The molecule has 0 saturated heterocycles. The van der Waals surface area contributed by atoms with E-state index in [4.69, 9.17) is 13.6 Å². The van der Waals surface area contributed by atoms with Crippen molar-refractivity contribution in [1.82, 2.24) is 0 Å². The van der Waals surface area contributed by atoms with Crippen molar-refractivity contribution in [3.63, 3.8) is 0 Å². The average molecular weight is 348 g/mol. The Morgan fingerprint density at radius 3 is 2.73 bits per heavy atom. The number of carbonyl (C=O) groups excluding carboxylic acids is 1. The van der Waals surface area contributed by atoms with Crippen molar-refractivity contribution >= 4 is 27.9 Å². The summed E-state index contributed by atoms with van der Waals surface area (Å²) < 4.78 is 16.1. The summed E-state index contributed by atoms with van der Waals surface area (Å²) in [4.78, 5) is 23.6. The van der Waals surface area contributed by atoms with Crippen LogP contribution in [0.5, 0.6) is 5.75 Å². The van der Waals surface area contributed by atoms with Crippen molar-refractivity contribution in [3.8, 4) is 5.75 Å². The van der Waals surface area contributed by atoms with Crippen LogP contribution in [0.2, 0.25) is 0 Å². The van der Waals surface area contributed by atoms with Crippen LogP contribution in [0.25, 0.3) is 21.9 Å². The van der Waals surface area contributed by atoms with E-state index in [1.165, 1.54) is 12.1 Å². The SMILES string of the molecule is Cc1ccc2c(CC(=O)Oc3ccc4ccc(=O)oc4c3)coc2c1C. The summed E-state index contributed by atoms with van der Waals surface area (Å²) in [6, 6.07) is 11.9. The highest BCUT2D eigenvalue weighted by Gasteiger charge is 2.14. The summed E-state index contributed by atoms with van der Waals surface area (Å²) in [5, 5.41) is 1.67. The molecule has 2 aromatic heterocycles. The number of benzene rings is 2. The molecule has 0 unspecified atom stereocenters. The number of esters is 1. The van der Waals surface area contributed by atoms with E-state index in [-0.39, 0.29) is 6.42 Å². The van der Waals surface area contributed by atoms with Crippen molar-refractivity contribution in [3.05, 3.63) is 75.8 Å². The first-order chi connectivity index (χ1) is 12.5. The zero-order chi connectivity index (χ0) is 18.3. The summed E-state index contributed by atoms with van der Waals surface area (Å²) in [6.45, 7) is 4.01. The smallest absolute Gasteiger partial charge is 0.336 e. The van der Waals surface area contributed by atoms with Crippen LogP contribution in [0.15, 0.2) is 62.4 Å². The molecule has 0 spiro atoms. The summed E-state index contributed by atoms with van der Waals surface area (Å²) in [5.41, 5.74) is 3.70. The third kappa shape index (κ3) is 2.88. The Kier molecular flexibility index (Phi) is 3.84. The van der Waals surface area contributed by atoms with Gasteiger partial charge in [-0.05, 0) is 43.2 Å². The van der Waals surface area contributed by atoms with Crippen molar-refractivity contribution in [2.75, 3.05) is 0 Å². The van der Waals surface area contributed by atoms with Gasteiger partial charge in [-0.3, -0.25) is 4.79 Å². The molecule has 2 aromatic carbocycles. The highest BCUT2D eigenvalue weighted by atomic mass is 16.5. The summed E-state index contributed by atoms with van der Waals surface area (Å²) in [5.74, 6) is -0.0831. The molecule has 0 radical (unpaired) electrons. The quantitative estimate of drug-likeness (QED) is 0.313. The van der Waals surface area contributed by atoms with Crippen LogP contribution in [-0.2, 0) is 11.2 Å². The molecule has 0 saturated carbocycles. The predicted octanol–water partition coefficient (Wildman–Crippen LogP) is 4.30. The molecule has 0 fully saturated rings. The van der Waals surface area contributed by atoms with Gasteiger partial charge in [-0.15, -0.1) is 0 Å². The minimum atomic E-state index is -0.448. The molecule has 26 heavy (non-hydrogen) atoms. The van der Waals surface area contributed by atoms with E-state index in [1.54, 1.807) is 24.5 Å². The molecular formula is C21H16O5. The molecule has 0 bridgehead atoms. The Morgan fingerprint density at radius 2 is 1.88 bits per heavy atom. The molecule has 0 aliphatic carbocycles. The molecule has 2 heterocycles. The van der Waals surface area contributed by atoms with Gasteiger partial charge in [-0.1, -0.05) is 12.1 Å². The van der Waals surface area contributed by atoms with Gasteiger partial charge in [0, 0.05) is 28.5 Å². The van der Waals surface area contributed by atoms with E-state index >= 15 is 0 Å². The number of furan rings is 1. The predicted molar refractivity (Wildman–Crippen MR) is 97.5 cm³/mol. The fraction of sp³-hybridized carbons (Fsp3) is 0.143. The Hall–Kier alpha value is -3.34. The lowest BCUT2D eigenvalue weighted by atomic mass is 10.0. The second-order valence-electron chi connectivity index (χ2n) is 6.25. The first kappa shape index (κ1) is 16.1. The first-order valence-electron chi connectivity index (χ1n) is 8.22. The molecule has 4 aromatic rings. The zero-order valence-corrected chi connectivity index (χ0v) is 14.4. The maximum atomic E-state index is 12.3. The van der Waals surface area contributed by atoms with Crippen LogP contribution >= 0.6 is 0 Å². The van der Waals surface area contributed by atoms with E-state index in [2.05, 4.69) is 0 Å². The summed E-state index contributed by atoms with van der Waals surface area (Å²) in [6.07, 6.45) is 1.68. The normalized spacial score (nSPS) is 11.2. The average Bonchev–Trinajstić information content (AvgIpc) is 3.01. The number of hydrogen-bond donors (Lipinski definition) is 0. The van der Waals surface area contributed by atoms with Crippen LogP contribution in [0, 0.1) is 13.8 Å². The fourth-order valence-corrected chi connectivity index (χ4v) is 2.95. The monoisotopic (exact) mass is 348 g/mol. The lowest BCUT2D eigenvalue weighted by Crippen LogP contribution is -2.11. The number of ether oxygens (including phenoxy) is 1. The lowest BCUT2D eigenvalue weighted by Gasteiger charge is -2.05. The molecular weight excluding hydrogens is 332 g/mol. The zero-order valence-electron chi connectivity index (χ0n) is 14.4. The lowest BCUT2D eigenvalue weighted by molar-refractivity contribution is -0.133. The van der Waals surface area contributed by atoms with Crippen LogP contribution < -0.4 is 10.4 Å². The Balaban J connectivity index is 1.58. The van der Waals surface area contributed by atoms with Crippen LogP contribution in [-0.4, -0.2) is 5.97 Å². The second-order valence-corrected chi connectivity index (χ2v) is 6.25. The van der Waals surface area contributed by atoms with Gasteiger partial charge >= 0.3 is 11.6 Å². The number of carbonyl (C=O) groups is 1. The van der Waals surface area contributed by atoms with Crippen LogP contribution in [0.4, 0.5) is 0 Å². The molecule has 130 valence electrons. The Morgan fingerprint density at radius 1 is 1.08 bits per heavy atom. The van der Waals surface area contributed by atoms with Gasteiger partial charge < -0.3 is 13.6 Å². The second kappa shape index (κ2) is 6.19. The van der Waals surface area contributed by atoms with Crippen molar-refractivity contribution in [2.24, 2.45) is 0 Å². The van der Waals surface area contributed by atoms with Crippen molar-refractivity contribution in [1.29, 1.82) is 0 Å². The van der Waals surface area contributed by atoms with Gasteiger partial charge in [-0.25, -0.2) is 4.79 Å². The van der Waals surface area contributed by atoms with Gasteiger partial charge in [0.2, 0.25) is 0 Å². The van der Waals surface area contributed by atoms with Gasteiger partial charge in [0.05, 0.1) is 12.7 Å². The van der Waals surface area contributed by atoms with Gasteiger partial charge in [-0.2, -0.15) is 0 Å². The molecule has 0 N–H and O–H groups in total. The van der Waals surface area contributed by atoms with E-state index in [0.717, 1.165) is 33.0 Å². The topological polar surface area (TPSA) is 69.7 Å². The molecule has 5 heteroatoms. The molecule has 0 atom stereocenters. The Bertz CT molecular complexity index is 1200. The maximum absolute atomic E-state index is 12.3. The molecule has 0 amide bonds. The first-order valence-corrected chi connectivity index (χ1v) is 8.22. The van der Waals surface area contributed by atoms with Crippen LogP contribution in [0.1, 0.15) is 16.7 Å². The maximum Gasteiger partial charge on any atom is 0.336 e. The highest BCUT2D eigenvalue weighted by molar-refractivity contribution is 5.89. The number of rotatable bonds is 3. The van der Waals surface area contributed by atoms with Crippen LogP contribution in [0.3, 0.4) is 0 Å². The molecule has 5 nitrogen and oxygen atoms in total. The molecule has 0 aliphatic heterocycles. The van der Waals surface area contributed by atoms with Crippen molar-refractivity contribution in [2.45, 2.75) is 20.3 Å². The van der Waals surface area contributed by atoms with E-state index in [1.807, 2.05) is 26.0 Å². The number of aryl methyl sites for hydroxylation is 2. The number of fused-ring (bicyclic) bond motifs is 2. The summed E-state index contributed by atoms with van der Waals surface area (Å²) >= 11 is 0. The minimum absolute atomic E-state index is 0.0896. The minimum Gasteiger partial charge on any atom is -0.464 e. The highest BCUT2D eigenvalue weighted by Crippen LogP contribution is 2.27. The van der Waals surface area contributed by atoms with E-state index in [0.29, 0.717) is 11.3 Å². The van der Waals surface area contributed by atoms with Gasteiger partial charge in [0.25, 0.3) is 0 Å². The molecule has 0 aliphatic rings. The number of hydrogen-bond acceptors (Lipinski definition) is 5. The summed E-state index contributed by atoms with van der Waals surface area (Å²) in [7, 11) is 0. The van der Waals surface area contributed by atoms with Gasteiger partial charge in [0.15, 0.2) is 0 Å².